The number of ketones is 1. The van der Waals surface area contributed by atoms with Crippen LogP contribution in [-0.2, 0) is 19.4 Å². The molecule has 3 rings (SSSR count). The molecule has 2 aromatic rings. The Morgan fingerprint density at radius 2 is 2.11 bits per heavy atom. The summed E-state index contributed by atoms with van der Waals surface area (Å²) in [5.41, 5.74) is 2.00. The Kier molecular flexibility index (Phi) is 2.74. The third-order valence-electron chi connectivity index (χ3n) is 3.24. The monoisotopic (exact) mass is 245 g/mol. The molecule has 0 aliphatic heterocycles. The molecule has 0 unspecified atom stereocenters. The number of carbonyl (C=O) groups excluding carboxylic acids is 1. The maximum atomic E-state index is 11.7. The van der Waals surface area contributed by atoms with Gasteiger partial charge in [-0.1, -0.05) is 6.92 Å². The fourth-order valence-corrected chi connectivity index (χ4v) is 2.32. The molecule has 2 aromatic heterocycles. The lowest BCUT2D eigenvalue weighted by Crippen LogP contribution is -2.07. The Hall–Kier alpha value is -1.91. The van der Waals surface area contributed by atoms with Crippen LogP contribution in [0.5, 0.6) is 0 Å². The summed E-state index contributed by atoms with van der Waals surface area (Å²) in [6.45, 7) is 2.51. The lowest BCUT2D eigenvalue weighted by molar-refractivity contribution is 0.0973. The number of rotatable bonds is 3. The van der Waals surface area contributed by atoms with Gasteiger partial charge in [0.1, 0.15) is 6.54 Å². The first-order chi connectivity index (χ1) is 8.76. The molecule has 0 amide bonds. The minimum absolute atomic E-state index is 0.245. The zero-order chi connectivity index (χ0) is 12.5. The summed E-state index contributed by atoms with van der Waals surface area (Å²) in [6.07, 6.45) is 7.26. The summed E-state index contributed by atoms with van der Waals surface area (Å²) >= 11 is 0. The van der Waals surface area contributed by atoms with Gasteiger partial charge in [-0.2, -0.15) is 0 Å². The van der Waals surface area contributed by atoms with Crippen LogP contribution in [0.25, 0.3) is 0 Å². The molecule has 94 valence electrons. The predicted molar refractivity (Wildman–Crippen MR) is 64.5 cm³/mol. The molecule has 1 aliphatic rings. The van der Waals surface area contributed by atoms with E-state index in [9.17, 15) is 4.79 Å². The molecule has 0 fully saturated rings. The Balaban J connectivity index is 1.83. The van der Waals surface area contributed by atoms with Crippen molar-refractivity contribution in [2.24, 2.45) is 0 Å². The van der Waals surface area contributed by atoms with Gasteiger partial charge in [0.25, 0.3) is 0 Å². The standard InChI is InChI=1S/C13H15N3O2/c1-2-12-14-15-13(18-12)8-16-6-9-4-3-5-11(17)10(9)7-16/h6-7H,2-5,8H2,1H3. The second kappa shape index (κ2) is 4.40. The maximum Gasteiger partial charge on any atom is 0.236 e. The van der Waals surface area contributed by atoms with E-state index >= 15 is 0 Å². The van der Waals surface area contributed by atoms with Gasteiger partial charge in [-0.05, 0) is 18.4 Å². The van der Waals surface area contributed by atoms with E-state index in [-0.39, 0.29) is 5.78 Å². The van der Waals surface area contributed by atoms with Gasteiger partial charge in [0.2, 0.25) is 11.8 Å². The second-order valence-electron chi connectivity index (χ2n) is 4.59. The van der Waals surface area contributed by atoms with Crippen LogP contribution in [0.2, 0.25) is 0 Å². The van der Waals surface area contributed by atoms with Crippen LogP contribution < -0.4 is 0 Å². The van der Waals surface area contributed by atoms with Crippen molar-refractivity contribution in [3.8, 4) is 0 Å². The van der Waals surface area contributed by atoms with Crippen LogP contribution in [0, 0.1) is 0 Å². The van der Waals surface area contributed by atoms with Gasteiger partial charge in [-0.3, -0.25) is 4.79 Å². The summed E-state index contributed by atoms with van der Waals surface area (Å²) < 4.78 is 7.43. The smallest absolute Gasteiger partial charge is 0.236 e. The van der Waals surface area contributed by atoms with Gasteiger partial charge in [0.15, 0.2) is 5.78 Å². The molecule has 0 atom stereocenters. The number of aryl methyl sites for hydroxylation is 2. The molecule has 0 saturated carbocycles. The van der Waals surface area contributed by atoms with Crippen molar-refractivity contribution in [1.29, 1.82) is 0 Å². The van der Waals surface area contributed by atoms with Crippen LogP contribution in [0.4, 0.5) is 0 Å². The Labute approximate surface area is 105 Å². The minimum Gasteiger partial charge on any atom is -0.423 e. The quantitative estimate of drug-likeness (QED) is 0.829. The molecule has 1 aliphatic carbocycles. The predicted octanol–water partition coefficient (Wildman–Crippen LogP) is 2.00. The van der Waals surface area contributed by atoms with Crippen LogP contribution in [0.1, 0.15) is 47.5 Å². The molecule has 0 spiro atoms. The highest BCUT2D eigenvalue weighted by Gasteiger charge is 2.19. The number of hydrogen-bond acceptors (Lipinski definition) is 4. The third kappa shape index (κ3) is 1.96. The number of aromatic nitrogens is 3. The summed E-state index contributed by atoms with van der Waals surface area (Å²) in [5, 5.41) is 7.92. The fourth-order valence-electron chi connectivity index (χ4n) is 2.32. The number of fused-ring (bicyclic) bond motifs is 1. The molecule has 0 radical (unpaired) electrons. The van der Waals surface area contributed by atoms with Crippen molar-refractivity contribution >= 4 is 5.78 Å². The van der Waals surface area contributed by atoms with E-state index < -0.39 is 0 Å². The molecule has 18 heavy (non-hydrogen) atoms. The maximum absolute atomic E-state index is 11.7. The van der Waals surface area contributed by atoms with Crippen molar-refractivity contribution in [3.05, 3.63) is 35.3 Å². The highest BCUT2D eigenvalue weighted by atomic mass is 16.4. The zero-order valence-electron chi connectivity index (χ0n) is 10.3. The lowest BCUT2D eigenvalue weighted by Gasteiger charge is -2.07. The summed E-state index contributed by atoms with van der Waals surface area (Å²) in [7, 11) is 0. The van der Waals surface area contributed by atoms with E-state index in [0.717, 1.165) is 30.4 Å². The SMILES string of the molecule is CCc1nnc(Cn2cc3c(c2)C(=O)CCC3)o1. The minimum atomic E-state index is 0.245. The van der Waals surface area contributed by atoms with Crippen molar-refractivity contribution in [1.82, 2.24) is 14.8 Å². The zero-order valence-corrected chi connectivity index (χ0v) is 10.3. The van der Waals surface area contributed by atoms with Gasteiger partial charge in [-0.25, -0.2) is 0 Å². The van der Waals surface area contributed by atoms with E-state index in [1.807, 2.05) is 23.9 Å². The molecule has 0 saturated heterocycles. The van der Waals surface area contributed by atoms with Crippen LogP contribution in [0.15, 0.2) is 16.8 Å². The van der Waals surface area contributed by atoms with Crippen LogP contribution in [-0.4, -0.2) is 20.5 Å². The Morgan fingerprint density at radius 1 is 1.28 bits per heavy atom. The van der Waals surface area contributed by atoms with Gasteiger partial charge in [-0.15, -0.1) is 10.2 Å². The number of nitrogens with zero attached hydrogens (tertiary/aromatic N) is 3. The van der Waals surface area contributed by atoms with Gasteiger partial charge < -0.3 is 8.98 Å². The van der Waals surface area contributed by atoms with E-state index in [1.54, 1.807) is 0 Å². The number of carbonyl (C=O) groups is 1. The first-order valence-corrected chi connectivity index (χ1v) is 6.29. The van der Waals surface area contributed by atoms with Crippen LogP contribution in [0.3, 0.4) is 0 Å². The number of Topliss-reactive ketones (excluding diaryl/α,β-unsaturated/α-hetero) is 1. The molecular weight excluding hydrogens is 230 g/mol. The van der Waals surface area contributed by atoms with Gasteiger partial charge in [0.05, 0.1) is 0 Å². The van der Waals surface area contributed by atoms with Crippen molar-refractivity contribution in [2.75, 3.05) is 0 Å². The Morgan fingerprint density at radius 3 is 2.83 bits per heavy atom. The summed E-state index contributed by atoms with van der Waals surface area (Å²) in [6, 6.07) is 0. The topological polar surface area (TPSA) is 60.9 Å². The third-order valence-corrected chi connectivity index (χ3v) is 3.24. The molecular formula is C13H15N3O2. The molecule has 5 nitrogen and oxygen atoms in total. The first kappa shape index (κ1) is 11.2. The van der Waals surface area contributed by atoms with Gasteiger partial charge in [0, 0.05) is 30.8 Å². The molecule has 0 N–H and O–H groups in total. The molecule has 5 heteroatoms. The lowest BCUT2D eigenvalue weighted by atomic mass is 9.95. The Bertz CT molecular complexity index is 583. The highest BCUT2D eigenvalue weighted by Crippen LogP contribution is 2.22. The first-order valence-electron chi connectivity index (χ1n) is 6.29. The highest BCUT2D eigenvalue weighted by molar-refractivity contribution is 5.98. The van der Waals surface area contributed by atoms with Crippen molar-refractivity contribution in [2.45, 2.75) is 39.2 Å². The second-order valence-corrected chi connectivity index (χ2v) is 4.59. The largest absolute Gasteiger partial charge is 0.423 e. The van der Waals surface area contributed by atoms with E-state index in [2.05, 4.69) is 10.2 Å². The van der Waals surface area contributed by atoms with E-state index in [1.165, 1.54) is 0 Å². The van der Waals surface area contributed by atoms with E-state index in [0.29, 0.717) is 24.7 Å². The average Bonchev–Trinajstić information content (AvgIpc) is 2.96. The molecule has 0 aromatic carbocycles. The molecule has 0 bridgehead atoms. The summed E-state index contributed by atoms with van der Waals surface area (Å²) in [5.74, 6) is 1.49. The average molecular weight is 245 g/mol. The molecule has 2 heterocycles. The number of hydrogen-bond donors (Lipinski definition) is 0. The van der Waals surface area contributed by atoms with Crippen LogP contribution >= 0.6 is 0 Å². The fraction of sp³-hybridized carbons (Fsp3) is 0.462. The normalized spacial score (nSPS) is 14.8. The summed E-state index contributed by atoms with van der Waals surface area (Å²) in [4.78, 5) is 11.7. The van der Waals surface area contributed by atoms with E-state index in [4.69, 9.17) is 4.42 Å². The van der Waals surface area contributed by atoms with Crippen molar-refractivity contribution < 1.29 is 9.21 Å². The van der Waals surface area contributed by atoms with Crippen molar-refractivity contribution in [3.63, 3.8) is 0 Å². The van der Waals surface area contributed by atoms with Gasteiger partial charge >= 0.3 is 0 Å².